The second kappa shape index (κ2) is 7.29. The Labute approximate surface area is 156 Å². The Balaban J connectivity index is 1.93. The van der Waals surface area contributed by atoms with Crippen molar-refractivity contribution in [2.24, 2.45) is 4.99 Å². The van der Waals surface area contributed by atoms with Gasteiger partial charge in [-0.3, -0.25) is 4.99 Å². The summed E-state index contributed by atoms with van der Waals surface area (Å²) in [5.41, 5.74) is 4.65. The molecule has 136 valence electrons. The SMILES string of the molecule is Cc1cc(C=Nc2ccc(C(=O)O)cc2)c(C)n1-c1cccc(C(=O)O)c1. The molecule has 0 amide bonds. The maximum absolute atomic E-state index is 11.2. The van der Waals surface area contributed by atoms with Gasteiger partial charge < -0.3 is 14.8 Å². The normalized spacial score (nSPS) is 11.0. The van der Waals surface area contributed by atoms with E-state index in [4.69, 9.17) is 5.11 Å². The third-order valence-electron chi connectivity index (χ3n) is 4.29. The van der Waals surface area contributed by atoms with Gasteiger partial charge in [0.25, 0.3) is 0 Å². The zero-order valence-electron chi connectivity index (χ0n) is 14.9. The summed E-state index contributed by atoms with van der Waals surface area (Å²) in [6.07, 6.45) is 1.72. The predicted octanol–water partition coefficient (Wildman–Crippen LogP) is 4.24. The van der Waals surface area contributed by atoms with Gasteiger partial charge in [0.15, 0.2) is 0 Å². The highest BCUT2D eigenvalue weighted by Crippen LogP contribution is 2.22. The fourth-order valence-electron chi connectivity index (χ4n) is 2.93. The maximum atomic E-state index is 11.2. The van der Waals surface area contributed by atoms with Crippen molar-refractivity contribution >= 4 is 23.8 Å². The van der Waals surface area contributed by atoms with Crippen LogP contribution in [-0.2, 0) is 0 Å². The van der Waals surface area contributed by atoms with E-state index < -0.39 is 11.9 Å². The lowest BCUT2D eigenvalue weighted by Gasteiger charge is -2.10. The molecule has 0 radical (unpaired) electrons. The van der Waals surface area contributed by atoms with Gasteiger partial charge in [0, 0.05) is 28.9 Å². The topological polar surface area (TPSA) is 91.9 Å². The first-order chi connectivity index (χ1) is 12.9. The molecule has 0 unspecified atom stereocenters. The van der Waals surface area contributed by atoms with Crippen LogP contribution in [0.5, 0.6) is 0 Å². The van der Waals surface area contributed by atoms with Crippen LogP contribution in [0, 0.1) is 13.8 Å². The van der Waals surface area contributed by atoms with Crippen molar-refractivity contribution in [3.63, 3.8) is 0 Å². The van der Waals surface area contributed by atoms with Crippen molar-refractivity contribution in [2.75, 3.05) is 0 Å². The smallest absolute Gasteiger partial charge is 0.335 e. The molecule has 1 heterocycles. The summed E-state index contributed by atoms with van der Waals surface area (Å²) in [7, 11) is 0. The first-order valence-corrected chi connectivity index (χ1v) is 8.27. The Morgan fingerprint density at radius 1 is 0.926 bits per heavy atom. The van der Waals surface area contributed by atoms with Crippen LogP contribution in [0.15, 0.2) is 59.6 Å². The molecule has 0 saturated carbocycles. The molecule has 0 aliphatic carbocycles. The van der Waals surface area contributed by atoms with Crippen molar-refractivity contribution in [3.8, 4) is 5.69 Å². The second-order valence-electron chi connectivity index (χ2n) is 6.13. The van der Waals surface area contributed by atoms with Gasteiger partial charge in [0.1, 0.15) is 0 Å². The monoisotopic (exact) mass is 362 g/mol. The minimum Gasteiger partial charge on any atom is -0.478 e. The average molecular weight is 362 g/mol. The molecule has 0 aliphatic heterocycles. The first-order valence-electron chi connectivity index (χ1n) is 8.27. The second-order valence-corrected chi connectivity index (χ2v) is 6.13. The number of aromatic nitrogens is 1. The lowest BCUT2D eigenvalue weighted by atomic mass is 10.2. The summed E-state index contributed by atoms with van der Waals surface area (Å²) in [4.78, 5) is 26.5. The standard InChI is InChI=1S/C21H18N2O4/c1-13-10-17(12-22-18-8-6-15(7-9-18)20(24)25)14(2)23(13)19-5-3-4-16(11-19)21(26)27/h3-12H,1-2H3,(H,24,25)(H,26,27). The molecule has 2 N–H and O–H groups in total. The summed E-state index contributed by atoms with van der Waals surface area (Å²) >= 11 is 0. The molecule has 0 saturated heterocycles. The van der Waals surface area contributed by atoms with E-state index in [1.807, 2.05) is 30.5 Å². The van der Waals surface area contributed by atoms with Gasteiger partial charge >= 0.3 is 11.9 Å². The summed E-state index contributed by atoms with van der Waals surface area (Å²) < 4.78 is 1.97. The number of aliphatic imine (C=N–C) groups is 1. The molecule has 1 aromatic heterocycles. The minimum absolute atomic E-state index is 0.213. The molecule has 3 rings (SSSR count). The predicted molar refractivity (Wildman–Crippen MR) is 103 cm³/mol. The lowest BCUT2D eigenvalue weighted by Crippen LogP contribution is -2.02. The number of carbonyl (C=O) groups is 2. The molecule has 2 aromatic carbocycles. The van der Waals surface area contributed by atoms with Crippen molar-refractivity contribution in [1.29, 1.82) is 0 Å². The zero-order valence-corrected chi connectivity index (χ0v) is 14.9. The number of hydrogen-bond donors (Lipinski definition) is 2. The number of rotatable bonds is 5. The molecular weight excluding hydrogens is 344 g/mol. The average Bonchev–Trinajstić information content (AvgIpc) is 2.94. The van der Waals surface area contributed by atoms with Crippen molar-refractivity contribution in [2.45, 2.75) is 13.8 Å². The highest BCUT2D eigenvalue weighted by molar-refractivity contribution is 5.89. The van der Waals surface area contributed by atoms with Gasteiger partial charge in [0.05, 0.1) is 16.8 Å². The number of nitrogens with zero attached hydrogens (tertiary/aromatic N) is 2. The lowest BCUT2D eigenvalue weighted by molar-refractivity contribution is 0.0686. The number of aromatic carboxylic acids is 2. The van der Waals surface area contributed by atoms with Crippen LogP contribution in [0.1, 0.15) is 37.7 Å². The van der Waals surface area contributed by atoms with Crippen molar-refractivity contribution in [3.05, 3.63) is 82.7 Å². The van der Waals surface area contributed by atoms with Gasteiger partial charge in [0.2, 0.25) is 0 Å². The van der Waals surface area contributed by atoms with E-state index in [0.29, 0.717) is 5.69 Å². The number of carboxylic acids is 2. The van der Waals surface area contributed by atoms with Crippen molar-refractivity contribution in [1.82, 2.24) is 4.57 Å². The van der Waals surface area contributed by atoms with E-state index in [-0.39, 0.29) is 11.1 Å². The van der Waals surface area contributed by atoms with Crippen molar-refractivity contribution < 1.29 is 19.8 Å². The number of hydrogen-bond acceptors (Lipinski definition) is 3. The van der Waals surface area contributed by atoms with E-state index in [9.17, 15) is 14.7 Å². The zero-order chi connectivity index (χ0) is 19.6. The van der Waals surface area contributed by atoms with E-state index in [1.165, 1.54) is 12.1 Å². The Kier molecular flexibility index (Phi) is 4.90. The Morgan fingerprint density at radius 2 is 1.59 bits per heavy atom. The van der Waals surface area contributed by atoms with Crippen LogP contribution in [0.4, 0.5) is 5.69 Å². The van der Waals surface area contributed by atoms with Gasteiger partial charge in [-0.05, 0) is 62.4 Å². The van der Waals surface area contributed by atoms with E-state index >= 15 is 0 Å². The molecule has 0 atom stereocenters. The number of carboxylic acid groups (broad SMARTS) is 2. The van der Waals surface area contributed by atoms with Crippen LogP contribution in [0.3, 0.4) is 0 Å². The largest absolute Gasteiger partial charge is 0.478 e. The molecule has 0 fully saturated rings. The molecule has 0 spiro atoms. The molecule has 27 heavy (non-hydrogen) atoms. The molecular formula is C21H18N2O4. The van der Waals surface area contributed by atoms with E-state index in [0.717, 1.165) is 22.6 Å². The van der Waals surface area contributed by atoms with Gasteiger partial charge in [-0.2, -0.15) is 0 Å². The Bertz CT molecular complexity index is 1050. The summed E-state index contributed by atoms with van der Waals surface area (Å²) in [6, 6.07) is 15.1. The van der Waals surface area contributed by atoms with Crippen LogP contribution < -0.4 is 0 Å². The molecule has 3 aromatic rings. The third-order valence-corrected chi connectivity index (χ3v) is 4.29. The summed E-state index contributed by atoms with van der Waals surface area (Å²) in [5, 5.41) is 18.1. The first kappa shape index (κ1) is 18.1. The quantitative estimate of drug-likeness (QED) is 0.664. The highest BCUT2D eigenvalue weighted by atomic mass is 16.4. The fourth-order valence-corrected chi connectivity index (χ4v) is 2.93. The van der Waals surface area contributed by atoms with E-state index in [1.54, 1.807) is 36.5 Å². The van der Waals surface area contributed by atoms with Crippen LogP contribution in [-0.4, -0.2) is 32.9 Å². The Morgan fingerprint density at radius 3 is 2.22 bits per heavy atom. The molecule has 0 bridgehead atoms. The van der Waals surface area contributed by atoms with Gasteiger partial charge in [-0.1, -0.05) is 6.07 Å². The molecule has 6 heteroatoms. The molecule has 6 nitrogen and oxygen atoms in total. The minimum atomic E-state index is -0.974. The number of benzene rings is 2. The molecule has 0 aliphatic rings. The van der Waals surface area contributed by atoms with Gasteiger partial charge in [-0.15, -0.1) is 0 Å². The highest BCUT2D eigenvalue weighted by Gasteiger charge is 2.11. The Hall–Kier alpha value is -3.67. The third kappa shape index (κ3) is 3.79. The summed E-state index contributed by atoms with van der Waals surface area (Å²) in [5.74, 6) is -1.94. The maximum Gasteiger partial charge on any atom is 0.335 e. The van der Waals surface area contributed by atoms with Gasteiger partial charge in [-0.25, -0.2) is 9.59 Å². The van der Waals surface area contributed by atoms with Crippen LogP contribution in [0.25, 0.3) is 5.69 Å². The van der Waals surface area contributed by atoms with E-state index in [2.05, 4.69) is 4.99 Å². The summed E-state index contributed by atoms with van der Waals surface area (Å²) in [6.45, 7) is 3.88. The fraction of sp³-hybridized carbons (Fsp3) is 0.0952. The number of aryl methyl sites for hydroxylation is 1. The van der Waals surface area contributed by atoms with Crippen LogP contribution >= 0.6 is 0 Å². The van der Waals surface area contributed by atoms with Crippen LogP contribution in [0.2, 0.25) is 0 Å².